The smallest absolute Gasteiger partial charge is 0.250 e. The molecule has 21 heavy (non-hydrogen) atoms. The highest BCUT2D eigenvalue weighted by atomic mass is 32.2. The van der Waals surface area contributed by atoms with Crippen molar-refractivity contribution >= 4 is 21.4 Å². The summed E-state index contributed by atoms with van der Waals surface area (Å²) in [5, 5.41) is 0. The van der Waals surface area contributed by atoms with Crippen molar-refractivity contribution in [3.05, 3.63) is 17.0 Å². The molecule has 1 saturated carbocycles. The Kier molecular flexibility index (Phi) is 5.46. The fourth-order valence-corrected chi connectivity index (χ4v) is 5.81. The van der Waals surface area contributed by atoms with Crippen molar-refractivity contribution in [2.24, 2.45) is 17.1 Å². The van der Waals surface area contributed by atoms with Gasteiger partial charge in [0.2, 0.25) is 10.0 Å². The molecule has 0 aliphatic heterocycles. The van der Waals surface area contributed by atoms with E-state index in [2.05, 4.69) is 18.6 Å². The van der Waals surface area contributed by atoms with Gasteiger partial charge in [0, 0.05) is 18.0 Å². The average Bonchev–Trinajstić information content (AvgIpc) is 3.05. The maximum absolute atomic E-state index is 12.4. The zero-order valence-corrected chi connectivity index (χ0v) is 14.5. The zero-order valence-electron chi connectivity index (χ0n) is 12.9. The van der Waals surface area contributed by atoms with E-state index < -0.39 is 10.0 Å². The summed E-state index contributed by atoms with van der Waals surface area (Å²) in [6.07, 6.45) is 5.78. The molecule has 1 fully saturated rings. The Bertz CT molecular complexity index is 558. The third kappa shape index (κ3) is 4.28. The predicted octanol–water partition coefficient (Wildman–Crippen LogP) is 3.09. The molecule has 120 valence electrons. The number of sulfonamides is 1. The Labute approximate surface area is 132 Å². The van der Waals surface area contributed by atoms with Gasteiger partial charge in [-0.2, -0.15) is 0 Å². The van der Waals surface area contributed by atoms with Gasteiger partial charge in [-0.15, -0.1) is 11.3 Å². The van der Waals surface area contributed by atoms with E-state index in [0.717, 1.165) is 24.1 Å². The van der Waals surface area contributed by atoms with E-state index in [1.54, 1.807) is 12.1 Å². The van der Waals surface area contributed by atoms with Crippen molar-refractivity contribution in [1.82, 2.24) is 4.72 Å². The standard InChI is InChI=1S/C15H26N2O2S2/c1-12(2)9-15(7-3-4-8-15)11-17-21(18,19)14-6-5-13(10-16)20-14/h5-6,12,17H,3-4,7-11,16H2,1-2H3. The summed E-state index contributed by atoms with van der Waals surface area (Å²) in [4.78, 5) is 0.896. The number of hydrogen-bond acceptors (Lipinski definition) is 4. The van der Waals surface area contributed by atoms with E-state index in [0.29, 0.717) is 23.2 Å². The maximum Gasteiger partial charge on any atom is 0.250 e. The lowest BCUT2D eigenvalue weighted by atomic mass is 9.79. The van der Waals surface area contributed by atoms with Gasteiger partial charge < -0.3 is 5.73 Å². The van der Waals surface area contributed by atoms with Crippen LogP contribution < -0.4 is 10.5 Å². The van der Waals surface area contributed by atoms with Crippen LogP contribution in [0.15, 0.2) is 16.3 Å². The first-order valence-electron chi connectivity index (χ1n) is 7.65. The van der Waals surface area contributed by atoms with Crippen molar-refractivity contribution in [2.45, 2.75) is 56.7 Å². The van der Waals surface area contributed by atoms with E-state index in [1.807, 2.05) is 0 Å². The van der Waals surface area contributed by atoms with Crippen LogP contribution in [0.5, 0.6) is 0 Å². The first-order valence-corrected chi connectivity index (χ1v) is 9.95. The number of rotatable bonds is 7. The van der Waals surface area contributed by atoms with E-state index >= 15 is 0 Å². The molecule has 0 saturated heterocycles. The number of thiophene rings is 1. The van der Waals surface area contributed by atoms with Gasteiger partial charge in [-0.05, 0) is 42.7 Å². The molecule has 1 aromatic rings. The molecule has 0 aromatic carbocycles. The van der Waals surface area contributed by atoms with Crippen LogP contribution >= 0.6 is 11.3 Å². The molecule has 1 aliphatic rings. The number of nitrogens with one attached hydrogen (secondary N) is 1. The SMILES string of the molecule is CC(C)CC1(CNS(=O)(=O)c2ccc(CN)s2)CCCC1. The molecule has 0 radical (unpaired) electrons. The fraction of sp³-hybridized carbons (Fsp3) is 0.733. The topological polar surface area (TPSA) is 72.2 Å². The van der Waals surface area contributed by atoms with E-state index in [1.165, 1.54) is 24.2 Å². The lowest BCUT2D eigenvalue weighted by Crippen LogP contribution is -2.36. The molecule has 4 nitrogen and oxygen atoms in total. The van der Waals surface area contributed by atoms with Crippen LogP contribution in [0.1, 0.15) is 50.8 Å². The quantitative estimate of drug-likeness (QED) is 0.807. The zero-order chi connectivity index (χ0) is 15.5. The van der Waals surface area contributed by atoms with E-state index in [9.17, 15) is 8.42 Å². The van der Waals surface area contributed by atoms with Crippen LogP contribution in [-0.2, 0) is 16.6 Å². The van der Waals surface area contributed by atoms with E-state index in [-0.39, 0.29) is 5.41 Å². The van der Waals surface area contributed by atoms with Crippen LogP contribution in [0.4, 0.5) is 0 Å². The van der Waals surface area contributed by atoms with Gasteiger partial charge in [0.25, 0.3) is 0 Å². The first-order chi connectivity index (χ1) is 9.87. The third-order valence-corrected chi connectivity index (χ3v) is 7.25. The first kappa shape index (κ1) is 16.9. The molecule has 0 atom stereocenters. The second kappa shape index (κ2) is 6.77. The van der Waals surface area contributed by atoms with Gasteiger partial charge in [-0.3, -0.25) is 0 Å². The monoisotopic (exact) mass is 330 g/mol. The minimum atomic E-state index is -3.40. The minimum absolute atomic E-state index is 0.148. The molecule has 0 bridgehead atoms. The van der Waals surface area contributed by atoms with Crippen molar-refractivity contribution < 1.29 is 8.42 Å². The van der Waals surface area contributed by atoms with Crippen LogP contribution in [-0.4, -0.2) is 15.0 Å². The summed E-state index contributed by atoms with van der Waals surface area (Å²) >= 11 is 1.26. The van der Waals surface area contributed by atoms with Crippen LogP contribution in [0.3, 0.4) is 0 Å². The molecule has 3 N–H and O–H groups in total. The van der Waals surface area contributed by atoms with Gasteiger partial charge in [-0.25, -0.2) is 13.1 Å². The summed E-state index contributed by atoms with van der Waals surface area (Å²) in [5.74, 6) is 0.596. The molecular weight excluding hydrogens is 304 g/mol. The second-order valence-electron chi connectivity index (χ2n) is 6.55. The summed E-state index contributed by atoms with van der Waals surface area (Å²) in [5.41, 5.74) is 5.70. The molecule has 2 rings (SSSR count). The average molecular weight is 331 g/mol. The summed E-state index contributed by atoms with van der Waals surface area (Å²) in [6.45, 7) is 5.36. The largest absolute Gasteiger partial charge is 0.326 e. The van der Waals surface area contributed by atoms with Crippen molar-refractivity contribution in [1.29, 1.82) is 0 Å². The van der Waals surface area contributed by atoms with Crippen LogP contribution in [0.2, 0.25) is 0 Å². The Morgan fingerprint density at radius 1 is 1.33 bits per heavy atom. The van der Waals surface area contributed by atoms with Crippen molar-refractivity contribution in [3.8, 4) is 0 Å². The van der Waals surface area contributed by atoms with Gasteiger partial charge >= 0.3 is 0 Å². The molecule has 1 aromatic heterocycles. The number of nitrogens with two attached hydrogens (primary N) is 1. The number of hydrogen-bond donors (Lipinski definition) is 2. The van der Waals surface area contributed by atoms with Crippen molar-refractivity contribution in [3.63, 3.8) is 0 Å². The normalized spacial score (nSPS) is 18.5. The second-order valence-corrected chi connectivity index (χ2v) is 9.72. The molecule has 1 aliphatic carbocycles. The Hall–Kier alpha value is -0.430. The van der Waals surface area contributed by atoms with Crippen LogP contribution in [0, 0.1) is 11.3 Å². The predicted molar refractivity (Wildman–Crippen MR) is 87.8 cm³/mol. The lowest BCUT2D eigenvalue weighted by Gasteiger charge is -2.31. The van der Waals surface area contributed by atoms with Gasteiger partial charge in [-0.1, -0.05) is 26.7 Å². The molecule has 1 heterocycles. The van der Waals surface area contributed by atoms with Crippen molar-refractivity contribution in [2.75, 3.05) is 6.54 Å². The molecule has 0 amide bonds. The highest BCUT2D eigenvalue weighted by Crippen LogP contribution is 2.42. The third-order valence-electron chi connectivity index (χ3n) is 4.25. The Morgan fingerprint density at radius 2 is 2.00 bits per heavy atom. The molecule has 0 spiro atoms. The maximum atomic E-state index is 12.4. The summed E-state index contributed by atoms with van der Waals surface area (Å²) < 4.78 is 28.0. The Morgan fingerprint density at radius 3 is 2.52 bits per heavy atom. The van der Waals surface area contributed by atoms with E-state index in [4.69, 9.17) is 5.73 Å². The van der Waals surface area contributed by atoms with Crippen LogP contribution in [0.25, 0.3) is 0 Å². The van der Waals surface area contributed by atoms with Gasteiger partial charge in [0.1, 0.15) is 4.21 Å². The fourth-order valence-electron chi connectivity index (χ4n) is 3.38. The molecular formula is C15H26N2O2S2. The Balaban J connectivity index is 2.05. The lowest BCUT2D eigenvalue weighted by molar-refractivity contribution is 0.236. The molecule has 6 heteroatoms. The molecule has 0 unspecified atom stereocenters. The van der Waals surface area contributed by atoms with Gasteiger partial charge in [0.15, 0.2) is 0 Å². The highest BCUT2D eigenvalue weighted by Gasteiger charge is 2.35. The minimum Gasteiger partial charge on any atom is -0.326 e. The summed E-state index contributed by atoms with van der Waals surface area (Å²) in [7, 11) is -3.40. The van der Waals surface area contributed by atoms with Gasteiger partial charge in [0.05, 0.1) is 0 Å². The highest BCUT2D eigenvalue weighted by molar-refractivity contribution is 7.91. The summed E-state index contributed by atoms with van der Waals surface area (Å²) in [6, 6.07) is 3.44.